The Hall–Kier alpha value is -2.56. The number of nitrogens with one attached hydrogen (secondary N) is 1. The summed E-state index contributed by atoms with van der Waals surface area (Å²) in [7, 11) is 1.67. The zero-order chi connectivity index (χ0) is 15.2. The zero-order valence-electron chi connectivity index (χ0n) is 12.1. The molecule has 0 saturated carbocycles. The average molecular weight is 286 g/mol. The lowest BCUT2D eigenvalue weighted by Crippen LogP contribution is -2.29. The Bertz CT molecular complexity index is 675. The van der Waals surface area contributed by atoms with Crippen molar-refractivity contribution in [2.24, 2.45) is 7.05 Å². The first-order chi connectivity index (χ1) is 10.0. The van der Waals surface area contributed by atoms with E-state index in [0.717, 1.165) is 11.1 Å². The molecular weight excluding hydrogens is 268 g/mol. The summed E-state index contributed by atoms with van der Waals surface area (Å²) >= 11 is 0. The Morgan fingerprint density at radius 3 is 2.57 bits per heavy atom. The first-order valence-corrected chi connectivity index (χ1v) is 6.66. The van der Waals surface area contributed by atoms with Crippen LogP contribution < -0.4 is 15.6 Å². The highest BCUT2D eigenvalue weighted by Gasteiger charge is 2.03. The molecule has 0 saturated heterocycles. The topological polar surface area (TPSA) is 60.3 Å². The molecule has 1 aromatic heterocycles. The summed E-state index contributed by atoms with van der Waals surface area (Å²) in [5.74, 6) is 0.460. The minimum atomic E-state index is -0.204. The fourth-order valence-corrected chi connectivity index (χ4v) is 1.79. The third-order valence-electron chi connectivity index (χ3n) is 3.03. The van der Waals surface area contributed by atoms with Crippen LogP contribution >= 0.6 is 0 Å². The van der Waals surface area contributed by atoms with Gasteiger partial charge in [0.25, 0.3) is 5.91 Å². The molecule has 5 heteroatoms. The number of rotatable bonds is 5. The number of hydrogen-bond donors (Lipinski definition) is 1. The van der Waals surface area contributed by atoms with Gasteiger partial charge in [0, 0.05) is 25.9 Å². The van der Waals surface area contributed by atoms with Crippen LogP contribution in [0.2, 0.25) is 0 Å². The van der Waals surface area contributed by atoms with Gasteiger partial charge in [0.05, 0.1) is 0 Å². The van der Waals surface area contributed by atoms with Crippen molar-refractivity contribution in [3.8, 4) is 5.75 Å². The molecule has 1 heterocycles. The number of nitrogens with zero attached hydrogens (tertiary/aromatic N) is 1. The van der Waals surface area contributed by atoms with Crippen molar-refractivity contribution in [3.05, 3.63) is 64.1 Å². The van der Waals surface area contributed by atoms with Crippen LogP contribution in [0.5, 0.6) is 5.75 Å². The number of carbonyl (C=O) groups is 1. The standard InChI is InChI=1S/C16H18N2O3/c1-12-3-6-14(7-4-12)21-11-15(19)17-9-13-5-8-16(20)18(2)10-13/h3-8,10H,9,11H2,1-2H3,(H,17,19). The third-order valence-corrected chi connectivity index (χ3v) is 3.03. The SMILES string of the molecule is Cc1ccc(OCC(=O)NCc2ccc(=O)n(C)c2)cc1. The lowest BCUT2D eigenvalue weighted by atomic mass is 10.2. The molecule has 0 aliphatic rings. The maximum Gasteiger partial charge on any atom is 0.258 e. The molecule has 21 heavy (non-hydrogen) atoms. The van der Waals surface area contributed by atoms with Crippen LogP contribution in [0.15, 0.2) is 47.4 Å². The molecule has 2 rings (SSSR count). The molecule has 0 atom stereocenters. The van der Waals surface area contributed by atoms with Crippen molar-refractivity contribution >= 4 is 5.91 Å². The number of ether oxygens (including phenoxy) is 1. The van der Waals surface area contributed by atoms with Crippen molar-refractivity contribution in [2.45, 2.75) is 13.5 Å². The highest BCUT2D eigenvalue weighted by molar-refractivity contribution is 5.77. The van der Waals surface area contributed by atoms with Gasteiger partial charge in [0.2, 0.25) is 5.56 Å². The molecule has 110 valence electrons. The quantitative estimate of drug-likeness (QED) is 0.903. The Balaban J connectivity index is 1.80. The molecule has 1 aromatic carbocycles. The van der Waals surface area contributed by atoms with Crippen molar-refractivity contribution in [2.75, 3.05) is 6.61 Å². The van der Waals surface area contributed by atoms with E-state index >= 15 is 0 Å². The fourth-order valence-electron chi connectivity index (χ4n) is 1.79. The van der Waals surface area contributed by atoms with E-state index in [9.17, 15) is 9.59 Å². The van der Waals surface area contributed by atoms with Crippen LogP contribution in [0, 0.1) is 6.92 Å². The van der Waals surface area contributed by atoms with Gasteiger partial charge in [0.15, 0.2) is 6.61 Å². The molecule has 0 radical (unpaired) electrons. The summed E-state index contributed by atoms with van der Waals surface area (Å²) in [6, 6.07) is 10.7. The molecule has 1 amide bonds. The third kappa shape index (κ3) is 4.49. The predicted octanol–water partition coefficient (Wildman–Crippen LogP) is 1.39. The fraction of sp³-hybridized carbons (Fsp3) is 0.250. The number of pyridine rings is 1. The monoisotopic (exact) mass is 286 g/mol. The molecule has 5 nitrogen and oxygen atoms in total. The van der Waals surface area contributed by atoms with E-state index in [1.54, 1.807) is 19.3 Å². The summed E-state index contributed by atoms with van der Waals surface area (Å²) in [6.45, 7) is 2.32. The van der Waals surface area contributed by atoms with E-state index < -0.39 is 0 Å². The van der Waals surface area contributed by atoms with Crippen LogP contribution in [-0.4, -0.2) is 17.1 Å². The van der Waals surface area contributed by atoms with Crippen molar-refractivity contribution in [1.82, 2.24) is 9.88 Å². The molecule has 0 spiro atoms. The molecular formula is C16H18N2O3. The van der Waals surface area contributed by atoms with Crippen LogP contribution in [0.4, 0.5) is 0 Å². The molecule has 2 aromatic rings. The molecule has 1 N–H and O–H groups in total. The Kier molecular flexibility index (Phi) is 4.77. The summed E-state index contributed by atoms with van der Waals surface area (Å²) in [5.41, 5.74) is 1.93. The van der Waals surface area contributed by atoms with E-state index in [0.29, 0.717) is 12.3 Å². The lowest BCUT2D eigenvalue weighted by molar-refractivity contribution is -0.123. The minimum absolute atomic E-state index is 0.0329. The maximum atomic E-state index is 11.7. The highest BCUT2D eigenvalue weighted by atomic mass is 16.5. The Morgan fingerprint density at radius 2 is 1.90 bits per heavy atom. The number of amides is 1. The highest BCUT2D eigenvalue weighted by Crippen LogP contribution is 2.10. The van der Waals surface area contributed by atoms with E-state index in [-0.39, 0.29) is 18.1 Å². The van der Waals surface area contributed by atoms with Gasteiger partial charge in [-0.3, -0.25) is 9.59 Å². The van der Waals surface area contributed by atoms with Crippen LogP contribution in [0.1, 0.15) is 11.1 Å². The van der Waals surface area contributed by atoms with Gasteiger partial charge in [-0.1, -0.05) is 23.8 Å². The van der Waals surface area contributed by atoms with E-state index in [1.165, 1.54) is 10.6 Å². The predicted molar refractivity (Wildman–Crippen MR) is 80.2 cm³/mol. The zero-order valence-corrected chi connectivity index (χ0v) is 12.1. The number of aromatic nitrogens is 1. The van der Waals surface area contributed by atoms with Gasteiger partial charge in [0.1, 0.15) is 5.75 Å². The van der Waals surface area contributed by atoms with E-state index in [1.807, 2.05) is 31.2 Å². The normalized spacial score (nSPS) is 10.2. The van der Waals surface area contributed by atoms with Gasteiger partial charge in [-0.25, -0.2) is 0 Å². The Labute approximate surface area is 123 Å². The van der Waals surface area contributed by atoms with Gasteiger partial charge >= 0.3 is 0 Å². The second kappa shape index (κ2) is 6.74. The molecule has 0 fully saturated rings. The minimum Gasteiger partial charge on any atom is -0.484 e. The second-order valence-electron chi connectivity index (χ2n) is 4.86. The van der Waals surface area contributed by atoms with E-state index in [2.05, 4.69) is 5.32 Å². The van der Waals surface area contributed by atoms with E-state index in [4.69, 9.17) is 4.74 Å². The molecule has 0 bridgehead atoms. The maximum absolute atomic E-state index is 11.7. The van der Waals surface area contributed by atoms with Crippen LogP contribution in [-0.2, 0) is 18.4 Å². The van der Waals surface area contributed by atoms with Crippen LogP contribution in [0.25, 0.3) is 0 Å². The van der Waals surface area contributed by atoms with Gasteiger partial charge in [-0.15, -0.1) is 0 Å². The number of carbonyl (C=O) groups excluding carboxylic acids is 1. The molecule has 0 unspecified atom stereocenters. The van der Waals surface area contributed by atoms with Gasteiger partial charge < -0.3 is 14.6 Å². The van der Waals surface area contributed by atoms with Crippen molar-refractivity contribution < 1.29 is 9.53 Å². The van der Waals surface area contributed by atoms with Gasteiger partial charge in [-0.2, -0.15) is 0 Å². The number of aryl methyl sites for hydroxylation is 2. The first-order valence-electron chi connectivity index (χ1n) is 6.66. The lowest BCUT2D eigenvalue weighted by Gasteiger charge is -2.08. The van der Waals surface area contributed by atoms with Gasteiger partial charge in [-0.05, 0) is 24.6 Å². The summed E-state index contributed by atoms with van der Waals surface area (Å²) in [5, 5.41) is 2.75. The average Bonchev–Trinajstić information content (AvgIpc) is 2.48. The largest absolute Gasteiger partial charge is 0.484 e. The first kappa shape index (κ1) is 14.8. The van der Waals surface area contributed by atoms with Crippen LogP contribution in [0.3, 0.4) is 0 Å². The summed E-state index contributed by atoms with van der Waals surface area (Å²) in [4.78, 5) is 23.0. The number of hydrogen-bond acceptors (Lipinski definition) is 3. The number of benzene rings is 1. The molecule has 0 aliphatic carbocycles. The summed E-state index contributed by atoms with van der Waals surface area (Å²) in [6.07, 6.45) is 1.70. The molecule has 0 aliphatic heterocycles. The van der Waals surface area contributed by atoms with Crippen molar-refractivity contribution in [3.63, 3.8) is 0 Å². The second-order valence-corrected chi connectivity index (χ2v) is 4.86. The Morgan fingerprint density at radius 1 is 1.19 bits per heavy atom. The van der Waals surface area contributed by atoms with Crippen molar-refractivity contribution in [1.29, 1.82) is 0 Å². The smallest absolute Gasteiger partial charge is 0.258 e. The summed E-state index contributed by atoms with van der Waals surface area (Å²) < 4.78 is 6.86.